The highest BCUT2D eigenvalue weighted by Gasteiger charge is 2.21. The lowest BCUT2D eigenvalue weighted by molar-refractivity contribution is 0.209. The summed E-state index contributed by atoms with van der Waals surface area (Å²) in [6, 6.07) is 4.81. The first-order chi connectivity index (χ1) is 8.11. The molecule has 1 atom stereocenters. The smallest absolute Gasteiger partial charge is 0.132 e. The number of hydrogen-bond donors (Lipinski definition) is 1. The Balaban J connectivity index is 2.51. The third-order valence-electron chi connectivity index (χ3n) is 2.37. The summed E-state index contributed by atoms with van der Waals surface area (Å²) in [5.74, 6) is -1.63. The van der Waals surface area contributed by atoms with E-state index in [0.29, 0.717) is 0 Å². The van der Waals surface area contributed by atoms with Gasteiger partial charge in [0.1, 0.15) is 17.7 Å². The predicted octanol–water partition coefficient (Wildman–Crippen LogP) is 3.09. The molecule has 0 radical (unpaired) electrons. The summed E-state index contributed by atoms with van der Waals surface area (Å²) < 4.78 is 26.9. The van der Waals surface area contributed by atoms with Gasteiger partial charge < -0.3 is 5.11 Å². The van der Waals surface area contributed by atoms with Crippen LogP contribution in [-0.2, 0) is 0 Å². The molecule has 2 rings (SSSR count). The second-order valence-corrected chi connectivity index (χ2v) is 3.84. The minimum absolute atomic E-state index is 0.155. The van der Waals surface area contributed by atoms with Crippen molar-refractivity contribution in [1.82, 2.24) is 4.98 Å². The van der Waals surface area contributed by atoms with E-state index >= 15 is 0 Å². The van der Waals surface area contributed by atoms with Crippen LogP contribution in [0.4, 0.5) is 8.78 Å². The van der Waals surface area contributed by atoms with E-state index in [0.717, 1.165) is 12.1 Å². The molecule has 17 heavy (non-hydrogen) atoms. The van der Waals surface area contributed by atoms with Gasteiger partial charge in [0, 0.05) is 18.0 Å². The van der Waals surface area contributed by atoms with Gasteiger partial charge in [-0.15, -0.1) is 0 Å². The predicted molar refractivity (Wildman–Crippen MR) is 59.7 cm³/mol. The van der Waals surface area contributed by atoms with E-state index in [4.69, 9.17) is 11.6 Å². The minimum atomic E-state index is -1.45. The van der Waals surface area contributed by atoms with Crippen molar-refractivity contribution in [1.29, 1.82) is 0 Å². The molecular weight excluding hydrogens is 248 g/mol. The van der Waals surface area contributed by atoms with Crippen molar-refractivity contribution in [2.75, 3.05) is 0 Å². The van der Waals surface area contributed by atoms with Gasteiger partial charge in [-0.3, -0.25) is 4.98 Å². The number of benzene rings is 1. The van der Waals surface area contributed by atoms with Crippen LogP contribution in [0.5, 0.6) is 0 Å². The summed E-state index contributed by atoms with van der Waals surface area (Å²) in [5.41, 5.74) is -0.203. The summed E-state index contributed by atoms with van der Waals surface area (Å²) in [4.78, 5) is 3.74. The zero-order valence-electron chi connectivity index (χ0n) is 8.57. The van der Waals surface area contributed by atoms with E-state index in [2.05, 4.69) is 4.98 Å². The monoisotopic (exact) mass is 255 g/mol. The third-order valence-corrected chi connectivity index (χ3v) is 2.69. The Morgan fingerprint density at radius 3 is 2.41 bits per heavy atom. The van der Waals surface area contributed by atoms with Crippen LogP contribution in [0.2, 0.25) is 5.02 Å². The third kappa shape index (κ3) is 2.28. The number of rotatable bonds is 2. The lowest BCUT2D eigenvalue weighted by atomic mass is 10.0. The van der Waals surface area contributed by atoms with E-state index in [1.54, 1.807) is 0 Å². The van der Waals surface area contributed by atoms with Crippen LogP contribution >= 0.6 is 11.6 Å². The zero-order valence-corrected chi connectivity index (χ0v) is 9.33. The van der Waals surface area contributed by atoms with Crippen molar-refractivity contribution >= 4 is 11.6 Å². The van der Waals surface area contributed by atoms with E-state index in [9.17, 15) is 13.9 Å². The largest absolute Gasteiger partial charge is 0.383 e. The molecule has 0 bridgehead atoms. The van der Waals surface area contributed by atoms with Crippen LogP contribution in [0.15, 0.2) is 36.7 Å². The molecule has 0 aliphatic heterocycles. The fourth-order valence-corrected chi connectivity index (χ4v) is 1.76. The van der Waals surface area contributed by atoms with E-state index in [1.165, 1.54) is 24.5 Å². The molecule has 1 aromatic heterocycles. The molecule has 0 saturated heterocycles. The van der Waals surface area contributed by atoms with Crippen molar-refractivity contribution in [3.05, 3.63) is 64.4 Å². The van der Waals surface area contributed by atoms with Gasteiger partial charge in [-0.1, -0.05) is 17.7 Å². The van der Waals surface area contributed by atoms with Gasteiger partial charge in [-0.05, 0) is 18.2 Å². The SMILES string of the molecule is OC(c1ccncc1Cl)c1c(F)cccc1F. The van der Waals surface area contributed by atoms with E-state index in [1.807, 2.05) is 0 Å². The standard InChI is InChI=1S/C12H8ClF2NO/c13-8-6-16-5-4-7(8)12(17)11-9(14)2-1-3-10(11)15/h1-6,12,17H. The summed E-state index contributed by atoms with van der Waals surface area (Å²) >= 11 is 5.81. The van der Waals surface area contributed by atoms with Crippen molar-refractivity contribution in [2.45, 2.75) is 6.10 Å². The molecule has 1 heterocycles. The Bertz CT molecular complexity index is 528. The van der Waals surface area contributed by atoms with Crippen LogP contribution in [0.25, 0.3) is 0 Å². The summed E-state index contributed by atoms with van der Waals surface area (Å²) in [6.45, 7) is 0. The summed E-state index contributed by atoms with van der Waals surface area (Å²) in [5, 5.41) is 10.1. The van der Waals surface area contributed by atoms with E-state index in [-0.39, 0.29) is 10.6 Å². The average Bonchev–Trinajstić information content (AvgIpc) is 2.29. The quantitative estimate of drug-likeness (QED) is 0.895. The molecule has 1 unspecified atom stereocenters. The Labute approximate surface area is 102 Å². The van der Waals surface area contributed by atoms with Crippen LogP contribution in [-0.4, -0.2) is 10.1 Å². The van der Waals surface area contributed by atoms with Gasteiger partial charge in [0.25, 0.3) is 0 Å². The number of nitrogens with zero attached hydrogens (tertiary/aromatic N) is 1. The van der Waals surface area contributed by atoms with Crippen LogP contribution in [0.3, 0.4) is 0 Å². The van der Waals surface area contributed by atoms with Gasteiger partial charge in [0.05, 0.1) is 10.6 Å². The molecule has 0 fully saturated rings. The number of aromatic nitrogens is 1. The maximum Gasteiger partial charge on any atom is 0.132 e. The Morgan fingerprint density at radius 1 is 1.18 bits per heavy atom. The van der Waals surface area contributed by atoms with Gasteiger partial charge in [-0.2, -0.15) is 0 Å². The fraction of sp³-hybridized carbons (Fsp3) is 0.0833. The molecule has 0 saturated carbocycles. The van der Waals surface area contributed by atoms with Crippen molar-refractivity contribution in [2.24, 2.45) is 0 Å². The van der Waals surface area contributed by atoms with Crippen molar-refractivity contribution in [3.63, 3.8) is 0 Å². The number of pyridine rings is 1. The minimum Gasteiger partial charge on any atom is -0.383 e. The average molecular weight is 256 g/mol. The first-order valence-corrected chi connectivity index (χ1v) is 5.20. The number of aliphatic hydroxyl groups is 1. The Hall–Kier alpha value is -1.52. The lowest BCUT2D eigenvalue weighted by Crippen LogP contribution is -2.06. The topological polar surface area (TPSA) is 33.1 Å². The highest BCUT2D eigenvalue weighted by atomic mass is 35.5. The first kappa shape index (κ1) is 12.0. The van der Waals surface area contributed by atoms with Crippen molar-refractivity contribution in [3.8, 4) is 0 Å². The number of halogens is 3. The second-order valence-electron chi connectivity index (χ2n) is 3.44. The molecule has 88 valence electrons. The molecule has 2 aromatic rings. The molecule has 0 aliphatic carbocycles. The van der Waals surface area contributed by atoms with Gasteiger partial charge >= 0.3 is 0 Å². The summed E-state index contributed by atoms with van der Waals surface area (Å²) in [6.07, 6.45) is 1.24. The first-order valence-electron chi connectivity index (χ1n) is 4.82. The normalized spacial score (nSPS) is 12.5. The van der Waals surface area contributed by atoms with Crippen LogP contribution < -0.4 is 0 Å². The number of hydrogen-bond acceptors (Lipinski definition) is 2. The maximum atomic E-state index is 13.5. The van der Waals surface area contributed by atoms with Gasteiger partial charge in [-0.25, -0.2) is 8.78 Å². The van der Waals surface area contributed by atoms with Crippen LogP contribution in [0.1, 0.15) is 17.2 Å². The molecule has 1 N–H and O–H groups in total. The second kappa shape index (κ2) is 4.77. The van der Waals surface area contributed by atoms with Gasteiger partial charge in [0.15, 0.2) is 0 Å². The lowest BCUT2D eigenvalue weighted by Gasteiger charge is -2.14. The highest BCUT2D eigenvalue weighted by molar-refractivity contribution is 6.31. The fourth-order valence-electron chi connectivity index (χ4n) is 1.54. The summed E-state index contributed by atoms with van der Waals surface area (Å²) in [7, 11) is 0. The molecule has 1 aromatic carbocycles. The molecule has 5 heteroatoms. The maximum absolute atomic E-state index is 13.5. The van der Waals surface area contributed by atoms with E-state index < -0.39 is 23.3 Å². The molecule has 0 aliphatic rings. The molecule has 0 spiro atoms. The highest BCUT2D eigenvalue weighted by Crippen LogP contribution is 2.30. The Morgan fingerprint density at radius 2 is 1.82 bits per heavy atom. The number of aliphatic hydroxyl groups excluding tert-OH is 1. The Kier molecular flexibility index (Phi) is 3.36. The molecular formula is C12H8ClF2NO. The zero-order chi connectivity index (χ0) is 12.4. The molecule has 2 nitrogen and oxygen atoms in total. The van der Waals surface area contributed by atoms with Crippen LogP contribution in [0, 0.1) is 11.6 Å². The molecule has 0 amide bonds. The van der Waals surface area contributed by atoms with Gasteiger partial charge in [0.2, 0.25) is 0 Å². The van der Waals surface area contributed by atoms with Crippen molar-refractivity contribution < 1.29 is 13.9 Å².